The average Bonchev–Trinajstić information content (AvgIpc) is 3.33. The topological polar surface area (TPSA) is 94.0 Å². The predicted molar refractivity (Wildman–Crippen MR) is 138 cm³/mol. The molecule has 2 N–H and O–H groups in total. The van der Waals surface area contributed by atoms with E-state index in [-0.39, 0.29) is 37.0 Å². The van der Waals surface area contributed by atoms with Gasteiger partial charge in [0.1, 0.15) is 25.3 Å². The molecular formula is C26H20ClF3N6O2. The number of fused-ring (bicyclic) bond motifs is 1. The zero-order chi connectivity index (χ0) is 25.8. The lowest BCUT2D eigenvalue weighted by Crippen LogP contribution is -2.19. The van der Waals surface area contributed by atoms with Crippen molar-refractivity contribution in [3.05, 3.63) is 102 Å². The molecule has 0 unspecified atom stereocenters. The number of hydrogen-bond acceptors (Lipinski definition) is 6. The monoisotopic (exact) mass is 540 g/mol. The number of benzene rings is 3. The maximum atomic E-state index is 14.8. The van der Waals surface area contributed by atoms with E-state index in [0.717, 1.165) is 11.6 Å². The van der Waals surface area contributed by atoms with Crippen LogP contribution in [0.5, 0.6) is 5.75 Å². The Labute approximate surface area is 220 Å². The maximum absolute atomic E-state index is 14.8. The Balaban J connectivity index is 0.00000336. The maximum Gasteiger partial charge on any atom is 0.246 e. The third kappa shape index (κ3) is 6.01. The van der Waals surface area contributed by atoms with E-state index >= 15 is 0 Å². The molecule has 0 atom stereocenters. The molecule has 5 rings (SSSR count). The first kappa shape index (κ1) is 26.4. The van der Waals surface area contributed by atoms with E-state index in [1.165, 1.54) is 47.7 Å². The summed E-state index contributed by atoms with van der Waals surface area (Å²) in [6.45, 7) is -0.0447. The Morgan fingerprint density at radius 3 is 2.61 bits per heavy atom. The molecule has 8 nitrogen and oxygen atoms in total. The molecule has 2 heterocycles. The van der Waals surface area contributed by atoms with Crippen molar-refractivity contribution in [3.63, 3.8) is 0 Å². The van der Waals surface area contributed by atoms with Crippen molar-refractivity contribution < 1.29 is 22.7 Å². The van der Waals surface area contributed by atoms with Crippen molar-refractivity contribution in [2.45, 2.75) is 13.2 Å². The Morgan fingerprint density at radius 2 is 1.79 bits per heavy atom. The summed E-state index contributed by atoms with van der Waals surface area (Å²) in [4.78, 5) is 20.6. The van der Waals surface area contributed by atoms with Gasteiger partial charge in [0, 0.05) is 17.6 Å². The van der Waals surface area contributed by atoms with Crippen LogP contribution in [0.15, 0.2) is 79.4 Å². The molecule has 0 radical (unpaired) electrons. The zero-order valence-corrected chi connectivity index (χ0v) is 20.4. The molecule has 38 heavy (non-hydrogen) atoms. The number of anilines is 3. The molecule has 5 aromatic rings. The van der Waals surface area contributed by atoms with Gasteiger partial charge in [-0.15, -0.1) is 12.4 Å². The van der Waals surface area contributed by atoms with Crippen LogP contribution in [0.25, 0.3) is 10.9 Å². The van der Waals surface area contributed by atoms with E-state index in [0.29, 0.717) is 22.4 Å². The fourth-order valence-electron chi connectivity index (χ4n) is 3.59. The Bertz CT molecular complexity index is 1580. The number of ether oxygens (including phenoxy) is 1. The molecule has 194 valence electrons. The van der Waals surface area contributed by atoms with Crippen LogP contribution in [0, 0.1) is 17.5 Å². The second-order valence-electron chi connectivity index (χ2n) is 8.00. The first-order valence-electron chi connectivity index (χ1n) is 11.1. The lowest BCUT2D eigenvalue weighted by atomic mass is 10.2. The van der Waals surface area contributed by atoms with Gasteiger partial charge in [-0.1, -0.05) is 36.4 Å². The first-order valence-corrected chi connectivity index (χ1v) is 11.1. The smallest absolute Gasteiger partial charge is 0.246 e. The van der Waals surface area contributed by atoms with Crippen LogP contribution in [0.4, 0.5) is 30.4 Å². The van der Waals surface area contributed by atoms with E-state index in [2.05, 4.69) is 25.7 Å². The predicted octanol–water partition coefficient (Wildman–Crippen LogP) is 5.63. The number of carbonyl (C=O) groups excluding carboxylic acids is 1. The van der Waals surface area contributed by atoms with Crippen LogP contribution >= 0.6 is 12.4 Å². The summed E-state index contributed by atoms with van der Waals surface area (Å²) in [5, 5.41) is 9.84. The summed E-state index contributed by atoms with van der Waals surface area (Å²) in [5.74, 6) is -2.99. The van der Waals surface area contributed by atoms with Crippen LogP contribution in [-0.2, 0) is 17.9 Å². The number of carbonyl (C=O) groups is 1. The van der Waals surface area contributed by atoms with E-state index < -0.39 is 23.4 Å². The summed E-state index contributed by atoms with van der Waals surface area (Å²) in [6, 6.07) is 15.7. The van der Waals surface area contributed by atoms with Gasteiger partial charge >= 0.3 is 0 Å². The normalized spacial score (nSPS) is 10.6. The number of aromatic nitrogens is 4. The lowest BCUT2D eigenvalue weighted by Gasteiger charge is -2.11. The molecule has 0 fully saturated rings. The largest absolute Gasteiger partial charge is 0.486 e. The van der Waals surface area contributed by atoms with E-state index in [1.54, 1.807) is 0 Å². The SMILES string of the molecule is Cl.O=C(Cn1cc(Nc2ncnc3cc(OCc4ccccc4)c(F)cc23)cn1)Nc1cccc(F)c1F. The van der Waals surface area contributed by atoms with Crippen molar-refractivity contribution in [1.29, 1.82) is 0 Å². The molecule has 0 aliphatic carbocycles. The van der Waals surface area contributed by atoms with Gasteiger partial charge in [-0.3, -0.25) is 9.48 Å². The highest BCUT2D eigenvalue weighted by atomic mass is 35.5. The second-order valence-corrected chi connectivity index (χ2v) is 8.00. The molecule has 0 aliphatic heterocycles. The van der Waals surface area contributed by atoms with Crippen LogP contribution in [0.3, 0.4) is 0 Å². The minimum Gasteiger partial charge on any atom is -0.486 e. The Kier molecular flexibility index (Phi) is 8.07. The molecule has 0 saturated heterocycles. The number of rotatable bonds is 8. The Hall–Kier alpha value is -4.64. The highest BCUT2D eigenvalue weighted by molar-refractivity contribution is 5.92. The Morgan fingerprint density at radius 1 is 0.974 bits per heavy atom. The third-order valence-corrected chi connectivity index (χ3v) is 5.35. The number of hydrogen-bond donors (Lipinski definition) is 2. The highest BCUT2D eigenvalue weighted by Crippen LogP contribution is 2.29. The molecule has 3 aromatic carbocycles. The van der Waals surface area contributed by atoms with E-state index in [4.69, 9.17) is 4.74 Å². The number of nitrogens with one attached hydrogen (secondary N) is 2. The van der Waals surface area contributed by atoms with Gasteiger partial charge < -0.3 is 15.4 Å². The molecule has 12 heteroatoms. The second kappa shape index (κ2) is 11.6. The van der Waals surface area contributed by atoms with Gasteiger partial charge in [-0.25, -0.2) is 23.1 Å². The molecular weight excluding hydrogens is 521 g/mol. The summed E-state index contributed by atoms with van der Waals surface area (Å²) in [5.41, 5.74) is 1.57. The fourth-order valence-corrected chi connectivity index (χ4v) is 3.59. The van der Waals surface area contributed by atoms with E-state index in [9.17, 15) is 18.0 Å². The van der Waals surface area contributed by atoms with Crippen LogP contribution in [0.2, 0.25) is 0 Å². The number of amides is 1. The standard InChI is InChI=1S/C26H19F3N6O2.ClH/c27-19-7-4-8-21(25(19)29)34-24(36)13-35-12-17(11-32-35)33-26-18-9-20(28)23(10-22(18)30-15-31-26)37-14-16-5-2-1-3-6-16;/h1-12,15H,13-14H2,(H,34,36)(H,30,31,33);1H. The van der Waals surface area contributed by atoms with Gasteiger partial charge in [-0.2, -0.15) is 5.10 Å². The molecule has 0 saturated carbocycles. The average molecular weight is 541 g/mol. The molecule has 0 aliphatic rings. The third-order valence-electron chi connectivity index (χ3n) is 5.35. The quantitative estimate of drug-likeness (QED) is 0.265. The number of halogens is 4. The molecule has 2 aromatic heterocycles. The summed E-state index contributed by atoms with van der Waals surface area (Å²) < 4.78 is 48.9. The summed E-state index contributed by atoms with van der Waals surface area (Å²) in [6.07, 6.45) is 4.29. The van der Waals surface area contributed by atoms with Gasteiger partial charge in [0.15, 0.2) is 23.2 Å². The van der Waals surface area contributed by atoms with Crippen molar-refractivity contribution in [3.8, 4) is 5.75 Å². The minimum atomic E-state index is -1.14. The molecule has 1 amide bonds. The van der Waals surface area contributed by atoms with Gasteiger partial charge in [0.05, 0.1) is 23.1 Å². The van der Waals surface area contributed by atoms with Crippen molar-refractivity contribution >= 4 is 46.4 Å². The van der Waals surface area contributed by atoms with Gasteiger partial charge in [0.25, 0.3) is 0 Å². The highest BCUT2D eigenvalue weighted by Gasteiger charge is 2.14. The van der Waals surface area contributed by atoms with Crippen molar-refractivity contribution in [1.82, 2.24) is 19.7 Å². The zero-order valence-electron chi connectivity index (χ0n) is 19.6. The summed E-state index contributed by atoms with van der Waals surface area (Å²) >= 11 is 0. The van der Waals surface area contributed by atoms with Gasteiger partial charge in [0.2, 0.25) is 5.91 Å². The van der Waals surface area contributed by atoms with Crippen LogP contribution in [0.1, 0.15) is 5.56 Å². The molecule has 0 bridgehead atoms. The van der Waals surface area contributed by atoms with Crippen LogP contribution in [-0.4, -0.2) is 25.7 Å². The van der Waals surface area contributed by atoms with Crippen molar-refractivity contribution in [2.24, 2.45) is 0 Å². The van der Waals surface area contributed by atoms with Crippen molar-refractivity contribution in [2.75, 3.05) is 10.6 Å². The van der Waals surface area contributed by atoms with Crippen LogP contribution < -0.4 is 15.4 Å². The summed E-state index contributed by atoms with van der Waals surface area (Å²) in [7, 11) is 0. The van der Waals surface area contributed by atoms with E-state index in [1.807, 2.05) is 30.3 Å². The fraction of sp³-hybridized carbons (Fsp3) is 0.0769. The molecule has 0 spiro atoms. The lowest BCUT2D eigenvalue weighted by molar-refractivity contribution is -0.116. The number of nitrogens with zero attached hydrogens (tertiary/aromatic N) is 4. The van der Waals surface area contributed by atoms with Gasteiger partial charge in [-0.05, 0) is 23.8 Å². The minimum absolute atomic E-state index is 0. The first-order chi connectivity index (χ1) is 18.0.